The summed E-state index contributed by atoms with van der Waals surface area (Å²) in [7, 11) is 0. The Hall–Kier alpha value is -1.32. The van der Waals surface area contributed by atoms with Crippen molar-refractivity contribution in [2.75, 3.05) is 6.61 Å². The molecule has 0 aliphatic carbocycles. The number of ether oxygens (including phenoxy) is 2. The standard InChI is InChI=1S/C21H38O4/c1-4-7-8-9-10-11-12-13-14-18-24-20(22)16-17-21(23)25-19(6-3)15-5-2/h16-17,19H,4-15,18H2,1-3H3/b17-16+. The third-order valence-corrected chi connectivity index (χ3v) is 4.20. The Bertz CT molecular complexity index is 363. The maximum Gasteiger partial charge on any atom is 0.331 e. The van der Waals surface area contributed by atoms with Crippen LogP contribution in [0.2, 0.25) is 0 Å². The van der Waals surface area contributed by atoms with Crippen LogP contribution in [-0.2, 0) is 19.1 Å². The third kappa shape index (κ3) is 15.9. The first-order chi connectivity index (χ1) is 12.1. The van der Waals surface area contributed by atoms with Gasteiger partial charge in [0.1, 0.15) is 6.10 Å². The van der Waals surface area contributed by atoms with Gasteiger partial charge in [0.15, 0.2) is 0 Å². The van der Waals surface area contributed by atoms with E-state index in [4.69, 9.17) is 9.47 Å². The number of esters is 2. The Morgan fingerprint density at radius 1 is 0.760 bits per heavy atom. The average molecular weight is 355 g/mol. The normalized spacial score (nSPS) is 12.3. The van der Waals surface area contributed by atoms with Crippen molar-refractivity contribution in [2.24, 2.45) is 0 Å². The van der Waals surface area contributed by atoms with E-state index in [1.54, 1.807) is 0 Å². The molecule has 4 nitrogen and oxygen atoms in total. The van der Waals surface area contributed by atoms with Gasteiger partial charge in [-0.3, -0.25) is 0 Å². The van der Waals surface area contributed by atoms with Gasteiger partial charge in [-0.1, -0.05) is 78.6 Å². The molecule has 0 rings (SSSR count). The summed E-state index contributed by atoms with van der Waals surface area (Å²) < 4.78 is 10.4. The summed E-state index contributed by atoms with van der Waals surface area (Å²) in [4.78, 5) is 23.2. The number of unbranched alkanes of at least 4 members (excludes halogenated alkanes) is 8. The van der Waals surface area contributed by atoms with Crippen molar-refractivity contribution in [1.82, 2.24) is 0 Å². The van der Waals surface area contributed by atoms with E-state index >= 15 is 0 Å². The van der Waals surface area contributed by atoms with Crippen molar-refractivity contribution in [3.63, 3.8) is 0 Å². The van der Waals surface area contributed by atoms with Crippen LogP contribution in [0.15, 0.2) is 12.2 Å². The number of hydrogen-bond donors (Lipinski definition) is 0. The highest BCUT2D eigenvalue weighted by Gasteiger charge is 2.09. The number of carbonyl (C=O) groups excluding carboxylic acids is 2. The van der Waals surface area contributed by atoms with E-state index in [2.05, 4.69) is 13.8 Å². The van der Waals surface area contributed by atoms with Crippen LogP contribution in [0.5, 0.6) is 0 Å². The molecule has 146 valence electrons. The lowest BCUT2D eigenvalue weighted by Gasteiger charge is -2.13. The fraction of sp³-hybridized carbons (Fsp3) is 0.810. The Morgan fingerprint density at radius 3 is 1.88 bits per heavy atom. The van der Waals surface area contributed by atoms with E-state index in [-0.39, 0.29) is 6.10 Å². The maximum atomic E-state index is 11.6. The predicted molar refractivity (Wildman–Crippen MR) is 102 cm³/mol. The van der Waals surface area contributed by atoms with Gasteiger partial charge in [-0.15, -0.1) is 0 Å². The molecule has 0 aromatic rings. The van der Waals surface area contributed by atoms with Gasteiger partial charge in [0.2, 0.25) is 0 Å². The fourth-order valence-electron chi connectivity index (χ4n) is 2.64. The summed E-state index contributed by atoms with van der Waals surface area (Å²) in [5.74, 6) is -0.944. The van der Waals surface area contributed by atoms with Crippen LogP contribution < -0.4 is 0 Å². The Morgan fingerprint density at radius 2 is 1.32 bits per heavy atom. The Labute approximate surface area is 154 Å². The van der Waals surface area contributed by atoms with Crippen LogP contribution in [0.4, 0.5) is 0 Å². The number of hydrogen-bond acceptors (Lipinski definition) is 4. The largest absolute Gasteiger partial charge is 0.463 e. The molecule has 0 N–H and O–H groups in total. The topological polar surface area (TPSA) is 52.6 Å². The average Bonchev–Trinajstić information content (AvgIpc) is 2.61. The lowest BCUT2D eigenvalue weighted by Crippen LogP contribution is -2.16. The molecule has 0 fully saturated rings. The number of rotatable bonds is 16. The minimum absolute atomic E-state index is 0.0693. The smallest absolute Gasteiger partial charge is 0.331 e. The SMILES string of the molecule is CCCCCCCCCCCOC(=O)/C=C/C(=O)OC(CC)CCC. The first kappa shape index (κ1) is 23.7. The van der Waals surface area contributed by atoms with Crippen molar-refractivity contribution in [3.8, 4) is 0 Å². The summed E-state index contributed by atoms with van der Waals surface area (Å²) >= 11 is 0. The second kappa shape index (κ2) is 17.5. The molecule has 0 spiro atoms. The second-order valence-electron chi connectivity index (χ2n) is 6.59. The van der Waals surface area contributed by atoms with Crippen LogP contribution >= 0.6 is 0 Å². The van der Waals surface area contributed by atoms with E-state index in [0.717, 1.165) is 44.3 Å². The van der Waals surface area contributed by atoms with Gasteiger partial charge in [0.05, 0.1) is 6.61 Å². The van der Waals surface area contributed by atoms with Gasteiger partial charge in [0, 0.05) is 12.2 Å². The summed E-state index contributed by atoms with van der Waals surface area (Å²) in [6, 6.07) is 0. The highest BCUT2D eigenvalue weighted by Crippen LogP contribution is 2.10. The molecular formula is C21H38O4. The maximum absolute atomic E-state index is 11.6. The molecule has 1 unspecified atom stereocenters. The van der Waals surface area contributed by atoms with Crippen molar-refractivity contribution >= 4 is 11.9 Å². The third-order valence-electron chi connectivity index (χ3n) is 4.20. The first-order valence-electron chi connectivity index (χ1n) is 10.2. The zero-order valence-corrected chi connectivity index (χ0v) is 16.6. The van der Waals surface area contributed by atoms with Gasteiger partial charge in [-0.05, 0) is 19.3 Å². The van der Waals surface area contributed by atoms with Crippen molar-refractivity contribution in [1.29, 1.82) is 0 Å². The Kier molecular flexibility index (Phi) is 16.6. The van der Waals surface area contributed by atoms with E-state index in [1.807, 2.05) is 6.92 Å². The summed E-state index contributed by atoms with van der Waals surface area (Å²) in [6.07, 6.45) is 15.9. The lowest BCUT2D eigenvalue weighted by molar-refractivity contribution is -0.144. The van der Waals surface area contributed by atoms with Gasteiger partial charge < -0.3 is 9.47 Å². The van der Waals surface area contributed by atoms with Crippen molar-refractivity contribution in [3.05, 3.63) is 12.2 Å². The molecule has 0 saturated carbocycles. The monoisotopic (exact) mass is 354 g/mol. The molecule has 4 heteroatoms. The van der Waals surface area contributed by atoms with Gasteiger partial charge in [-0.25, -0.2) is 9.59 Å². The zero-order valence-electron chi connectivity index (χ0n) is 16.6. The van der Waals surface area contributed by atoms with Gasteiger partial charge in [-0.2, -0.15) is 0 Å². The quantitative estimate of drug-likeness (QED) is 0.201. The van der Waals surface area contributed by atoms with E-state index in [1.165, 1.54) is 44.9 Å². The van der Waals surface area contributed by atoms with Gasteiger partial charge >= 0.3 is 11.9 Å². The second-order valence-corrected chi connectivity index (χ2v) is 6.59. The molecule has 0 aliphatic heterocycles. The van der Waals surface area contributed by atoms with Crippen molar-refractivity contribution < 1.29 is 19.1 Å². The van der Waals surface area contributed by atoms with Crippen LogP contribution in [-0.4, -0.2) is 24.6 Å². The van der Waals surface area contributed by atoms with Crippen LogP contribution in [0, 0.1) is 0 Å². The molecule has 0 aliphatic rings. The van der Waals surface area contributed by atoms with Crippen LogP contribution in [0.1, 0.15) is 97.8 Å². The molecule has 0 aromatic heterocycles. The molecule has 1 atom stereocenters. The lowest BCUT2D eigenvalue weighted by atomic mass is 10.1. The zero-order chi connectivity index (χ0) is 18.8. The fourth-order valence-corrected chi connectivity index (χ4v) is 2.64. The highest BCUT2D eigenvalue weighted by molar-refractivity contribution is 5.91. The molecule has 0 radical (unpaired) electrons. The summed E-state index contributed by atoms with van der Waals surface area (Å²) in [5, 5.41) is 0. The van der Waals surface area contributed by atoms with Gasteiger partial charge in [0.25, 0.3) is 0 Å². The molecule has 0 heterocycles. The highest BCUT2D eigenvalue weighted by atomic mass is 16.5. The summed E-state index contributed by atoms with van der Waals surface area (Å²) in [5.41, 5.74) is 0. The molecule has 0 amide bonds. The Balaban J connectivity index is 3.61. The first-order valence-corrected chi connectivity index (χ1v) is 10.2. The minimum Gasteiger partial charge on any atom is -0.463 e. The molecule has 25 heavy (non-hydrogen) atoms. The van der Waals surface area contributed by atoms with Crippen LogP contribution in [0.25, 0.3) is 0 Å². The van der Waals surface area contributed by atoms with E-state index in [0.29, 0.717) is 6.61 Å². The van der Waals surface area contributed by atoms with E-state index in [9.17, 15) is 9.59 Å². The summed E-state index contributed by atoms with van der Waals surface area (Å²) in [6.45, 7) is 6.68. The number of carbonyl (C=O) groups is 2. The molecule has 0 bridgehead atoms. The molecule has 0 aromatic carbocycles. The molecular weight excluding hydrogens is 316 g/mol. The van der Waals surface area contributed by atoms with E-state index < -0.39 is 11.9 Å². The molecule has 0 saturated heterocycles. The van der Waals surface area contributed by atoms with Crippen molar-refractivity contribution in [2.45, 2.75) is 104 Å². The minimum atomic E-state index is -0.472. The predicted octanol–water partition coefficient (Wildman–Crippen LogP) is 5.74. The van der Waals surface area contributed by atoms with Crippen LogP contribution in [0.3, 0.4) is 0 Å².